The number of sulfonamides is 1. The summed E-state index contributed by atoms with van der Waals surface area (Å²) in [5, 5.41) is 0.432. The van der Waals surface area contributed by atoms with Gasteiger partial charge in [-0.2, -0.15) is 17.5 Å². The molecule has 0 aliphatic carbocycles. The van der Waals surface area contributed by atoms with Gasteiger partial charge in [-0.3, -0.25) is 9.98 Å². The number of nitrogens with two attached hydrogens (primary N) is 1. The van der Waals surface area contributed by atoms with Crippen molar-refractivity contribution >= 4 is 27.8 Å². The molecular formula is C19H16ClF3N4O2S. The van der Waals surface area contributed by atoms with Crippen LogP contribution >= 0.6 is 11.6 Å². The van der Waals surface area contributed by atoms with Crippen molar-refractivity contribution in [3.05, 3.63) is 69.6 Å². The molecule has 2 aliphatic heterocycles. The Bertz CT molecular complexity index is 1180. The maximum atomic E-state index is 13.5. The average Bonchev–Trinajstić information content (AvgIpc) is 2.93. The molecular weight excluding hydrogens is 441 g/mol. The van der Waals surface area contributed by atoms with Crippen LogP contribution in [0.1, 0.15) is 35.3 Å². The number of pyridine rings is 1. The molecule has 2 bridgehead atoms. The van der Waals surface area contributed by atoms with Crippen molar-refractivity contribution < 1.29 is 21.6 Å². The second-order valence-corrected chi connectivity index (χ2v) is 9.26. The second kappa shape index (κ2) is 7.07. The Balaban J connectivity index is 1.86. The maximum absolute atomic E-state index is 13.5. The van der Waals surface area contributed by atoms with Gasteiger partial charge in [-0.25, -0.2) is 8.42 Å². The minimum Gasteiger partial charge on any atom is -0.402 e. The van der Waals surface area contributed by atoms with Gasteiger partial charge in [0, 0.05) is 42.2 Å². The fraction of sp³-hybridized carbons (Fsp3) is 0.263. The van der Waals surface area contributed by atoms with E-state index in [-0.39, 0.29) is 11.3 Å². The highest BCUT2D eigenvalue weighted by Crippen LogP contribution is 2.54. The molecule has 0 saturated carbocycles. The Kier molecular flexibility index (Phi) is 4.91. The monoisotopic (exact) mass is 456 g/mol. The minimum atomic E-state index is -4.67. The van der Waals surface area contributed by atoms with Crippen LogP contribution in [-0.2, 0) is 16.2 Å². The molecule has 3 heterocycles. The minimum absolute atomic E-state index is 0.222. The van der Waals surface area contributed by atoms with Gasteiger partial charge in [0.25, 0.3) is 0 Å². The zero-order chi connectivity index (χ0) is 21.8. The highest BCUT2D eigenvalue weighted by Gasteiger charge is 2.50. The Morgan fingerprint density at radius 1 is 1.27 bits per heavy atom. The van der Waals surface area contributed by atoms with Gasteiger partial charge in [0.05, 0.1) is 12.1 Å². The fourth-order valence-electron chi connectivity index (χ4n) is 3.97. The number of aliphatic imine (C=N–C) groups is 1. The van der Waals surface area contributed by atoms with Gasteiger partial charge in [-0.1, -0.05) is 17.7 Å². The summed E-state index contributed by atoms with van der Waals surface area (Å²) in [5.41, 5.74) is 7.48. The number of benzene rings is 1. The average molecular weight is 457 g/mol. The van der Waals surface area contributed by atoms with Crippen LogP contribution in [0.5, 0.6) is 0 Å². The summed E-state index contributed by atoms with van der Waals surface area (Å²) in [6.45, 7) is 0. The smallest absolute Gasteiger partial charge is 0.402 e. The van der Waals surface area contributed by atoms with Crippen LogP contribution in [0.15, 0.2) is 57.7 Å². The van der Waals surface area contributed by atoms with Crippen molar-refractivity contribution in [3.8, 4) is 0 Å². The van der Waals surface area contributed by atoms with E-state index in [2.05, 4.69) is 9.98 Å². The van der Waals surface area contributed by atoms with Crippen LogP contribution in [-0.4, -0.2) is 31.0 Å². The number of hydrogen-bond acceptors (Lipinski definition) is 5. The lowest BCUT2D eigenvalue weighted by Gasteiger charge is -2.35. The molecule has 0 spiro atoms. The highest BCUT2D eigenvalue weighted by molar-refractivity contribution is 7.89. The number of alkyl halides is 3. The summed E-state index contributed by atoms with van der Waals surface area (Å²) in [6.07, 6.45) is -2.22. The number of rotatable bonds is 3. The highest BCUT2D eigenvalue weighted by atomic mass is 35.5. The number of hydrogen-bond donors (Lipinski definition) is 1. The molecule has 6 nitrogen and oxygen atoms in total. The molecule has 2 unspecified atom stereocenters. The van der Waals surface area contributed by atoms with E-state index in [4.69, 9.17) is 17.3 Å². The number of halogens is 4. The first-order valence-corrected chi connectivity index (χ1v) is 10.6. The fourth-order valence-corrected chi connectivity index (χ4v) is 5.85. The van der Waals surface area contributed by atoms with E-state index in [9.17, 15) is 21.6 Å². The van der Waals surface area contributed by atoms with E-state index >= 15 is 0 Å². The van der Waals surface area contributed by atoms with Crippen molar-refractivity contribution in [2.45, 2.75) is 29.6 Å². The lowest BCUT2D eigenvalue weighted by molar-refractivity contribution is -0.141. The van der Waals surface area contributed by atoms with Gasteiger partial charge in [0.15, 0.2) is 0 Å². The van der Waals surface area contributed by atoms with Crippen molar-refractivity contribution in [2.24, 2.45) is 10.7 Å². The van der Waals surface area contributed by atoms with Gasteiger partial charge >= 0.3 is 6.18 Å². The third kappa shape index (κ3) is 3.19. The molecule has 30 heavy (non-hydrogen) atoms. The van der Waals surface area contributed by atoms with E-state index in [1.807, 2.05) is 0 Å². The quantitative estimate of drug-likeness (QED) is 0.710. The summed E-state index contributed by atoms with van der Waals surface area (Å²) in [5.74, 6) is 0. The summed E-state index contributed by atoms with van der Waals surface area (Å²) >= 11 is 6.15. The molecule has 1 aromatic heterocycles. The lowest BCUT2D eigenvalue weighted by atomic mass is 9.99. The first-order chi connectivity index (χ1) is 14.1. The summed E-state index contributed by atoms with van der Waals surface area (Å²) in [7, 11) is -2.67. The second-order valence-electron chi connectivity index (χ2n) is 6.98. The van der Waals surface area contributed by atoms with Gasteiger partial charge in [-0.15, -0.1) is 0 Å². The zero-order valence-corrected chi connectivity index (χ0v) is 17.1. The number of nitrogens with zero attached hydrogens (tertiary/aromatic N) is 3. The van der Waals surface area contributed by atoms with Crippen molar-refractivity contribution in [1.29, 1.82) is 0 Å². The van der Waals surface area contributed by atoms with Gasteiger partial charge < -0.3 is 5.73 Å². The van der Waals surface area contributed by atoms with Gasteiger partial charge in [0.2, 0.25) is 10.0 Å². The molecule has 158 valence electrons. The summed E-state index contributed by atoms with van der Waals surface area (Å²) < 4.78 is 66.7. The predicted octanol–water partition coefficient (Wildman–Crippen LogP) is 3.86. The van der Waals surface area contributed by atoms with Crippen molar-refractivity contribution in [3.63, 3.8) is 0 Å². The molecule has 0 fully saturated rings. The molecule has 4 rings (SSSR count). The van der Waals surface area contributed by atoms with E-state index in [1.165, 1.54) is 10.5 Å². The van der Waals surface area contributed by atoms with Crippen molar-refractivity contribution in [1.82, 2.24) is 9.29 Å². The van der Waals surface area contributed by atoms with Gasteiger partial charge in [-0.05, 0) is 35.4 Å². The molecule has 0 radical (unpaired) electrons. The topological polar surface area (TPSA) is 88.6 Å². The van der Waals surface area contributed by atoms with Crippen LogP contribution in [0.3, 0.4) is 0 Å². The first-order valence-electron chi connectivity index (χ1n) is 8.82. The molecule has 2 atom stereocenters. The van der Waals surface area contributed by atoms with Crippen molar-refractivity contribution in [2.75, 3.05) is 7.05 Å². The summed E-state index contributed by atoms with van der Waals surface area (Å²) in [6, 6.07) is 5.26. The van der Waals surface area contributed by atoms with E-state index in [1.54, 1.807) is 25.2 Å². The molecule has 1 aromatic carbocycles. The van der Waals surface area contributed by atoms with E-state index < -0.39 is 34.0 Å². The molecule has 2 aromatic rings. The molecule has 0 saturated heterocycles. The van der Waals surface area contributed by atoms with E-state index in [0.29, 0.717) is 27.9 Å². The zero-order valence-electron chi connectivity index (χ0n) is 15.6. The first kappa shape index (κ1) is 20.8. The van der Waals surface area contributed by atoms with Crippen LogP contribution < -0.4 is 5.73 Å². The summed E-state index contributed by atoms with van der Waals surface area (Å²) in [4.78, 5) is 6.96. The van der Waals surface area contributed by atoms with Crippen LogP contribution in [0.25, 0.3) is 0 Å². The standard InChI is InChI=1S/C19H16ClF3N4O2S/c1-25-9-14-15(24)7-16-12-4-2-10(20)6-13(12)18(14)27(16)30(28,29)11-3-5-17(26-8-11)19(21,22)23/h2-6,8-9,16,18H,7,24H2,1H3/b25-9-. The molecule has 11 heteroatoms. The van der Waals surface area contributed by atoms with Crippen LogP contribution in [0.4, 0.5) is 13.2 Å². The van der Waals surface area contributed by atoms with Gasteiger partial charge in [0.1, 0.15) is 10.6 Å². The maximum Gasteiger partial charge on any atom is 0.433 e. The molecule has 0 amide bonds. The normalized spacial score (nSPS) is 22.0. The SMILES string of the molecule is C/N=C\C1=C(N)CC2c3ccc(Cl)cc3C1N2S(=O)(=O)c1ccc(C(F)(F)F)nc1. The Hall–Kier alpha value is -2.43. The third-order valence-electron chi connectivity index (χ3n) is 5.21. The molecule has 2 aliphatic rings. The molecule has 2 N–H and O–H groups in total. The Morgan fingerprint density at radius 3 is 2.60 bits per heavy atom. The lowest BCUT2D eigenvalue weighted by Crippen LogP contribution is -2.38. The predicted molar refractivity (Wildman–Crippen MR) is 105 cm³/mol. The van der Waals surface area contributed by atoms with E-state index in [0.717, 1.165) is 17.8 Å². The third-order valence-corrected chi connectivity index (χ3v) is 7.31. The Labute approximate surface area is 175 Å². The van der Waals surface area contributed by atoms with Crippen LogP contribution in [0.2, 0.25) is 5.02 Å². The number of aromatic nitrogens is 1. The number of fused-ring (bicyclic) bond motifs is 5. The largest absolute Gasteiger partial charge is 0.433 e. The Morgan fingerprint density at radius 2 is 2.00 bits per heavy atom. The van der Waals surface area contributed by atoms with Crippen LogP contribution in [0, 0.1) is 0 Å².